The molecule has 0 bridgehead atoms. The van der Waals surface area contributed by atoms with Crippen molar-refractivity contribution >= 4 is 11.8 Å². The van der Waals surface area contributed by atoms with Crippen LogP contribution in [0, 0.1) is 11.8 Å². The van der Waals surface area contributed by atoms with Gasteiger partial charge in [0.2, 0.25) is 11.8 Å². The van der Waals surface area contributed by atoms with Gasteiger partial charge in [-0.1, -0.05) is 65.0 Å². The number of hydrogen-bond acceptors (Lipinski definition) is 2. The van der Waals surface area contributed by atoms with Crippen LogP contribution in [-0.4, -0.2) is 35.8 Å². The third kappa shape index (κ3) is 6.37. The predicted octanol–water partition coefficient (Wildman–Crippen LogP) is 4.14. The molecule has 1 saturated heterocycles. The predicted molar refractivity (Wildman–Crippen MR) is 110 cm³/mol. The fourth-order valence-corrected chi connectivity index (χ4v) is 3.60. The Labute approximate surface area is 164 Å². The second-order valence-corrected chi connectivity index (χ2v) is 9.08. The molecule has 2 fully saturated rings. The molecule has 150 valence electrons. The van der Waals surface area contributed by atoms with Crippen LogP contribution in [0.5, 0.6) is 0 Å². The third-order valence-corrected chi connectivity index (χ3v) is 5.55. The number of carbonyl (C=O) groups is 2. The summed E-state index contributed by atoms with van der Waals surface area (Å²) in [6.07, 6.45) is 3.32. The summed E-state index contributed by atoms with van der Waals surface area (Å²) in [5.41, 5.74) is 1.69. The maximum atomic E-state index is 12.1. The molecule has 2 aliphatic rings. The number of hydrogen-bond donors (Lipinski definition) is 1. The Kier molecular flexibility index (Phi) is 7.46. The molecule has 1 N–H and O–H groups in total. The normalized spacial score (nSPS) is 24.5. The van der Waals surface area contributed by atoms with Crippen LogP contribution < -0.4 is 5.32 Å². The molecule has 0 aromatic heterocycles. The molecule has 2 amide bonds. The highest BCUT2D eigenvalue weighted by Gasteiger charge is 2.38. The number of benzene rings is 1. The molecule has 1 unspecified atom stereocenters. The molecule has 4 nitrogen and oxygen atoms in total. The zero-order chi connectivity index (χ0) is 20.0. The first kappa shape index (κ1) is 21.5. The molecule has 0 radical (unpaired) electrons. The van der Waals surface area contributed by atoms with Gasteiger partial charge in [0.25, 0.3) is 0 Å². The van der Waals surface area contributed by atoms with Crippen molar-refractivity contribution in [2.45, 2.75) is 71.8 Å². The maximum Gasteiger partial charge on any atom is 0.225 e. The number of amides is 2. The minimum atomic E-state index is 0.0932. The van der Waals surface area contributed by atoms with Gasteiger partial charge in [0, 0.05) is 31.5 Å². The number of nitrogens with one attached hydrogen (secondary N) is 1. The molecule has 1 aromatic carbocycles. The van der Waals surface area contributed by atoms with E-state index in [2.05, 4.69) is 63.3 Å². The van der Waals surface area contributed by atoms with E-state index in [1.165, 1.54) is 5.56 Å². The van der Waals surface area contributed by atoms with Crippen molar-refractivity contribution in [3.8, 4) is 0 Å². The van der Waals surface area contributed by atoms with Crippen molar-refractivity contribution in [1.29, 1.82) is 0 Å². The van der Waals surface area contributed by atoms with Crippen LogP contribution in [0.4, 0.5) is 0 Å². The Hall–Kier alpha value is -1.84. The minimum absolute atomic E-state index is 0.0932. The van der Waals surface area contributed by atoms with Crippen molar-refractivity contribution in [2.75, 3.05) is 13.1 Å². The molecule has 4 heteroatoms. The number of nitrogens with zero attached hydrogens (tertiary/aromatic N) is 1. The lowest BCUT2D eigenvalue weighted by Crippen LogP contribution is -2.49. The summed E-state index contributed by atoms with van der Waals surface area (Å²) >= 11 is 0. The van der Waals surface area contributed by atoms with Gasteiger partial charge >= 0.3 is 0 Å². The molecule has 1 heterocycles. The van der Waals surface area contributed by atoms with Gasteiger partial charge in [0.15, 0.2) is 0 Å². The number of carbonyl (C=O) groups excluding carboxylic acids is 2. The lowest BCUT2D eigenvalue weighted by atomic mass is 9.79. The maximum absolute atomic E-state index is 12.1. The van der Waals surface area contributed by atoms with Crippen molar-refractivity contribution < 1.29 is 9.59 Å². The van der Waals surface area contributed by atoms with Crippen molar-refractivity contribution in [1.82, 2.24) is 10.2 Å². The highest BCUT2D eigenvalue weighted by atomic mass is 16.2. The van der Waals surface area contributed by atoms with Gasteiger partial charge in [-0.2, -0.15) is 0 Å². The first-order chi connectivity index (χ1) is 12.7. The van der Waals surface area contributed by atoms with Gasteiger partial charge in [-0.05, 0) is 36.2 Å². The zero-order valence-corrected chi connectivity index (χ0v) is 17.6. The molecular weight excluding hydrogens is 336 g/mol. The molecule has 3 rings (SSSR count). The highest BCUT2D eigenvalue weighted by molar-refractivity contribution is 5.81. The molecule has 1 aromatic rings. The lowest BCUT2D eigenvalue weighted by molar-refractivity contribution is -0.139. The first-order valence-corrected chi connectivity index (χ1v) is 10.3. The second-order valence-electron chi connectivity index (χ2n) is 9.08. The van der Waals surface area contributed by atoms with Gasteiger partial charge in [-0.25, -0.2) is 0 Å². The zero-order valence-electron chi connectivity index (χ0n) is 17.6. The molecule has 27 heavy (non-hydrogen) atoms. The quantitative estimate of drug-likeness (QED) is 0.867. The van der Waals surface area contributed by atoms with Crippen LogP contribution in [-0.2, 0) is 15.0 Å². The molecule has 1 aliphatic heterocycles. The summed E-state index contributed by atoms with van der Waals surface area (Å²) < 4.78 is 0. The first-order valence-electron chi connectivity index (χ1n) is 10.3. The summed E-state index contributed by atoms with van der Waals surface area (Å²) in [6, 6.07) is 10.8. The van der Waals surface area contributed by atoms with Gasteiger partial charge in [-0.15, -0.1) is 0 Å². The second kappa shape index (κ2) is 9.38. The topological polar surface area (TPSA) is 49.4 Å². The van der Waals surface area contributed by atoms with Gasteiger partial charge < -0.3 is 10.2 Å². The third-order valence-electron chi connectivity index (χ3n) is 5.55. The Morgan fingerprint density at radius 1 is 1.15 bits per heavy atom. The van der Waals surface area contributed by atoms with E-state index in [-0.39, 0.29) is 17.9 Å². The fourth-order valence-electron chi connectivity index (χ4n) is 3.60. The Morgan fingerprint density at radius 3 is 2.22 bits per heavy atom. The van der Waals surface area contributed by atoms with E-state index in [1.54, 1.807) is 0 Å². The summed E-state index contributed by atoms with van der Waals surface area (Å²) in [5, 5.41) is 2.94. The van der Waals surface area contributed by atoms with E-state index in [1.807, 2.05) is 11.8 Å². The van der Waals surface area contributed by atoms with Crippen LogP contribution in [0.25, 0.3) is 0 Å². The minimum Gasteiger partial charge on any atom is -0.353 e. The van der Waals surface area contributed by atoms with E-state index in [0.29, 0.717) is 23.7 Å². The average Bonchev–Trinajstić information content (AvgIpc) is 3.04. The van der Waals surface area contributed by atoms with Gasteiger partial charge in [-0.3, -0.25) is 9.59 Å². The van der Waals surface area contributed by atoms with E-state index >= 15 is 0 Å². The molecule has 0 spiro atoms. The molecule has 1 atom stereocenters. The van der Waals surface area contributed by atoms with Crippen LogP contribution in [0.2, 0.25) is 0 Å². The van der Waals surface area contributed by atoms with E-state index in [0.717, 1.165) is 32.4 Å². The average molecular weight is 373 g/mol. The van der Waals surface area contributed by atoms with E-state index < -0.39 is 0 Å². The monoisotopic (exact) mass is 372 g/mol. The highest BCUT2D eigenvalue weighted by Crippen LogP contribution is 2.31. The summed E-state index contributed by atoms with van der Waals surface area (Å²) in [6.45, 7) is 12.6. The number of likely N-dealkylation sites (tertiary alicyclic amines) is 1. The molecule has 1 saturated carbocycles. The van der Waals surface area contributed by atoms with Crippen molar-refractivity contribution in [3.63, 3.8) is 0 Å². The Bertz CT molecular complexity index is 615. The summed E-state index contributed by atoms with van der Waals surface area (Å²) in [7, 11) is 0. The van der Waals surface area contributed by atoms with Gasteiger partial charge in [0.05, 0.1) is 0 Å². The SMILES string of the molecule is CC(C)(C)c1ccccc1.CCC(=O)NC1CC(C(=O)N2CCC(C)C2)C1. The Morgan fingerprint density at radius 2 is 1.78 bits per heavy atom. The largest absolute Gasteiger partial charge is 0.353 e. The lowest BCUT2D eigenvalue weighted by Gasteiger charge is -2.36. The van der Waals surface area contributed by atoms with Crippen LogP contribution in [0.3, 0.4) is 0 Å². The van der Waals surface area contributed by atoms with Crippen molar-refractivity contribution in [3.05, 3.63) is 35.9 Å². The van der Waals surface area contributed by atoms with E-state index in [9.17, 15) is 9.59 Å². The standard InChI is InChI=1S/C13H22N2O2.C10H14/c1-3-12(16)14-11-6-10(7-11)13(17)15-5-4-9(2)8-15;1-10(2,3)9-7-5-4-6-8-9/h9-11H,3-8H2,1-2H3,(H,14,16);4-8H,1-3H3. The molecular formula is C23H36N2O2. The molecule has 1 aliphatic carbocycles. The van der Waals surface area contributed by atoms with Gasteiger partial charge in [0.1, 0.15) is 0 Å². The van der Waals surface area contributed by atoms with Crippen LogP contribution in [0.15, 0.2) is 30.3 Å². The summed E-state index contributed by atoms with van der Waals surface area (Å²) in [5.74, 6) is 1.20. The Balaban J connectivity index is 0.000000223. The number of rotatable bonds is 3. The van der Waals surface area contributed by atoms with E-state index in [4.69, 9.17) is 0 Å². The fraction of sp³-hybridized carbons (Fsp3) is 0.652. The van der Waals surface area contributed by atoms with Crippen LogP contribution in [0.1, 0.15) is 65.9 Å². The van der Waals surface area contributed by atoms with Crippen LogP contribution >= 0.6 is 0 Å². The van der Waals surface area contributed by atoms with Crippen molar-refractivity contribution in [2.24, 2.45) is 11.8 Å². The smallest absolute Gasteiger partial charge is 0.225 e. The summed E-state index contributed by atoms with van der Waals surface area (Å²) in [4.78, 5) is 25.3.